The summed E-state index contributed by atoms with van der Waals surface area (Å²) in [4.78, 5) is 0. The smallest absolute Gasteiger partial charge is 0.313 e. The van der Waals surface area contributed by atoms with Gasteiger partial charge in [-0.15, -0.1) is 0 Å². The van der Waals surface area contributed by atoms with Crippen LogP contribution in [0.3, 0.4) is 0 Å². The van der Waals surface area contributed by atoms with E-state index in [1.54, 1.807) is 0 Å². The van der Waals surface area contributed by atoms with Crippen LogP contribution in [0.5, 0.6) is 0 Å². The fourth-order valence-electron chi connectivity index (χ4n) is 1.36. The van der Waals surface area contributed by atoms with Crippen molar-refractivity contribution < 1.29 is 17.6 Å². The third-order valence-electron chi connectivity index (χ3n) is 2.21. The highest BCUT2D eigenvalue weighted by Crippen LogP contribution is 2.32. The third-order valence-corrected chi connectivity index (χ3v) is 2.53. The average Bonchev–Trinajstić information content (AvgIpc) is 2.25. The largest absolute Gasteiger partial charge is 0.419 e. The molecule has 0 atom stereocenters. The van der Waals surface area contributed by atoms with Gasteiger partial charge in [0.1, 0.15) is 5.82 Å². The van der Waals surface area contributed by atoms with Crippen LogP contribution in [-0.2, 0) is 12.7 Å². The molecule has 0 aliphatic heterocycles. The Morgan fingerprint density at radius 1 is 1.24 bits per heavy atom. The quantitative estimate of drug-likeness (QED) is 0.474. The third kappa shape index (κ3) is 4.20. The molecule has 0 aromatic heterocycles. The van der Waals surface area contributed by atoms with Crippen molar-refractivity contribution in [3.8, 4) is 0 Å². The second-order valence-corrected chi connectivity index (χ2v) is 3.98. The fourth-order valence-corrected chi connectivity index (χ4v) is 1.52. The molecule has 1 aromatic rings. The lowest BCUT2D eigenvalue weighted by atomic mass is 10.1. The molecule has 0 saturated carbocycles. The normalized spacial score (nSPS) is 11.8. The molecular formula is C11H13F4NS. The molecule has 0 bridgehead atoms. The molecule has 0 spiro atoms. The first-order valence-corrected chi connectivity index (χ1v) is 5.76. The maximum absolute atomic E-state index is 13.5. The Bertz CT molecular complexity index is 365. The summed E-state index contributed by atoms with van der Waals surface area (Å²) in [6.45, 7) is 0.683. The predicted octanol–water partition coefficient (Wildman–Crippen LogP) is 3.25. The van der Waals surface area contributed by atoms with Gasteiger partial charge in [0.05, 0.1) is 5.56 Å². The van der Waals surface area contributed by atoms with E-state index in [-0.39, 0.29) is 12.1 Å². The van der Waals surface area contributed by atoms with Crippen LogP contribution in [0.1, 0.15) is 17.5 Å². The molecule has 1 rings (SSSR count). The molecule has 0 aliphatic rings. The summed E-state index contributed by atoms with van der Waals surface area (Å²) in [5.41, 5.74) is -1.19. The van der Waals surface area contributed by atoms with Crippen molar-refractivity contribution in [3.63, 3.8) is 0 Å². The number of halogens is 4. The summed E-state index contributed by atoms with van der Waals surface area (Å²) >= 11 is 3.99. The van der Waals surface area contributed by atoms with Crippen molar-refractivity contribution in [1.29, 1.82) is 0 Å². The number of benzene rings is 1. The standard InChI is InChI=1S/C11H13F4NS/c12-10-8(7-16-5-2-6-17)3-1-4-9(10)11(13,14)15/h1,3-4,16-17H,2,5-7H2. The number of hydrogen-bond acceptors (Lipinski definition) is 2. The first-order chi connectivity index (χ1) is 7.96. The molecule has 1 N–H and O–H groups in total. The Morgan fingerprint density at radius 2 is 1.94 bits per heavy atom. The highest BCUT2D eigenvalue weighted by molar-refractivity contribution is 7.80. The van der Waals surface area contributed by atoms with Crippen LogP contribution >= 0.6 is 12.6 Å². The lowest BCUT2D eigenvalue weighted by Crippen LogP contribution is -2.18. The summed E-state index contributed by atoms with van der Waals surface area (Å²) in [5.74, 6) is -0.517. The Morgan fingerprint density at radius 3 is 2.53 bits per heavy atom. The van der Waals surface area contributed by atoms with Crippen LogP contribution in [-0.4, -0.2) is 12.3 Å². The van der Waals surface area contributed by atoms with Crippen LogP contribution in [0.4, 0.5) is 17.6 Å². The summed E-state index contributed by atoms with van der Waals surface area (Å²) in [5, 5.41) is 2.87. The van der Waals surface area contributed by atoms with Crippen molar-refractivity contribution >= 4 is 12.6 Å². The molecule has 0 radical (unpaired) electrons. The Labute approximate surface area is 103 Å². The molecule has 0 aliphatic carbocycles. The highest BCUT2D eigenvalue weighted by atomic mass is 32.1. The highest BCUT2D eigenvalue weighted by Gasteiger charge is 2.34. The van der Waals surface area contributed by atoms with E-state index in [2.05, 4.69) is 17.9 Å². The SMILES string of the molecule is Fc1c(CNCCCS)cccc1C(F)(F)F. The zero-order valence-corrected chi connectivity index (χ0v) is 9.91. The zero-order valence-electron chi connectivity index (χ0n) is 9.02. The van der Waals surface area contributed by atoms with Gasteiger partial charge in [-0.3, -0.25) is 0 Å². The molecule has 0 heterocycles. The number of rotatable bonds is 5. The van der Waals surface area contributed by atoms with Gasteiger partial charge in [0.15, 0.2) is 0 Å². The Balaban J connectivity index is 2.74. The van der Waals surface area contributed by atoms with Gasteiger partial charge >= 0.3 is 6.18 Å². The van der Waals surface area contributed by atoms with Crippen LogP contribution in [0.25, 0.3) is 0 Å². The van der Waals surface area contributed by atoms with E-state index in [0.29, 0.717) is 12.3 Å². The first kappa shape index (κ1) is 14.3. The second kappa shape index (κ2) is 6.26. The molecule has 96 valence electrons. The van der Waals surface area contributed by atoms with Crippen molar-refractivity contribution in [2.24, 2.45) is 0 Å². The van der Waals surface area contributed by atoms with Crippen molar-refractivity contribution in [1.82, 2.24) is 5.32 Å². The molecule has 0 amide bonds. The van der Waals surface area contributed by atoms with E-state index >= 15 is 0 Å². The summed E-state index contributed by atoms with van der Waals surface area (Å²) in [6, 6.07) is 3.30. The lowest BCUT2D eigenvalue weighted by molar-refractivity contribution is -0.140. The van der Waals surface area contributed by atoms with E-state index < -0.39 is 17.6 Å². The second-order valence-electron chi connectivity index (χ2n) is 3.53. The number of nitrogens with one attached hydrogen (secondary N) is 1. The van der Waals surface area contributed by atoms with Crippen LogP contribution < -0.4 is 5.32 Å². The van der Waals surface area contributed by atoms with E-state index in [9.17, 15) is 17.6 Å². The average molecular weight is 267 g/mol. The van der Waals surface area contributed by atoms with Gasteiger partial charge in [-0.05, 0) is 24.8 Å². The number of hydrogen-bond donors (Lipinski definition) is 2. The van der Waals surface area contributed by atoms with Crippen molar-refractivity contribution in [2.45, 2.75) is 19.1 Å². The summed E-state index contributed by atoms with van der Waals surface area (Å²) in [6.07, 6.45) is -3.87. The van der Waals surface area contributed by atoms with Gasteiger partial charge < -0.3 is 5.32 Å². The zero-order chi connectivity index (χ0) is 12.9. The monoisotopic (exact) mass is 267 g/mol. The van der Waals surface area contributed by atoms with Crippen LogP contribution in [0.2, 0.25) is 0 Å². The minimum absolute atomic E-state index is 0.0268. The lowest BCUT2D eigenvalue weighted by Gasteiger charge is -2.11. The topological polar surface area (TPSA) is 12.0 Å². The van der Waals surface area contributed by atoms with Gasteiger partial charge in [-0.2, -0.15) is 25.8 Å². The Kier molecular flexibility index (Phi) is 5.27. The van der Waals surface area contributed by atoms with Crippen LogP contribution in [0.15, 0.2) is 18.2 Å². The molecule has 6 heteroatoms. The van der Waals surface area contributed by atoms with Gasteiger partial charge in [0, 0.05) is 12.1 Å². The minimum Gasteiger partial charge on any atom is -0.313 e. The first-order valence-electron chi connectivity index (χ1n) is 5.13. The van der Waals surface area contributed by atoms with E-state index in [0.717, 1.165) is 12.5 Å². The maximum atomic E-state index is 13.5. The summed E-state index contributed by atoms with van der Waals surface area (Å²) < 4.78 is 50.7. The number of thiol groups is 1. The van der Waals surface area contributed by atoms with Gasteiger partial charge in [0.2, 0.25) is 0 Å². The molecule has 1 nitrogen and oxygen atoms in total. The summed E-state index contributed by atoms with van der Waals surface area (Å²) in [7, 11) is 0. The van der Waals surface area contributed by atoms with Crippen LogP contribution in [0, 0.1) is 5.82 Å². The van der Waals surface area contributed by atoms with E-state index in [1.807, 2.05) is 0 Å². The number of alkyl halides is 3. The molecular weight excluding hydrogens is 254 g/mol. The molecule has 17 heavy (non-hydrogen) atoms. The molecule has 0 saturated heterocycles. The van der Waals surface area contributed by atoms with Gasteiger partial charge in [0.25, 0.3) is 0 Å². The van der Waals surface area contributed by atoms with Crippen molar-refractivity contribution in [3.05, 3.63) is 35.1 Å². The van der Waals surface area contributed by atoms with E-state index in [1.165, 1.54) is 12.1 Å². The van der Waals surface area contributed by atoms with E-state index in [4.69, 9.17) is 0 Å². The van der Waals surface area contributed by atoms with Crippen molar-refractivity contribution in [2.75, 3.05) is 12.3 Å². The predicted molar refractivity (Wildman–Crippen MR) is 61.6 cm³/mol. The molecule has 0 unspecified atom stereocenters. The molecule has 1 aromatic carbocycles. The maximum Gasteiger partial charge on any atom is 0.419 e. The minimum atomic E-state index is -4.65. The fraction of sp³-hybridized carbons (Fsp3) is 0.455. The Hall–Kier alpha value is -0.750. The van der Waals surface area contributed by atoms with Gasteiger partial charge in [-0.1, -0.05) is 12.1 Å². The van der Waals surface area contributed by atoms with Gasteiger partial charge in [-0.25, -0.2) is 4.39 Å². The molecule has 0 fully saturated rings.